The first-order valence-corrected chi connectivity index (χ1v) is 16.6. The van der Waals surface area contributed by atoms with Crippen LogP contribution in [-0.4, -0.2) is 77.6 Å². The van der Waals surface area contributed by atoms with Gasteiger partial charge in [-0.05, 0) is 76.3 Å². The normalized spacial score (nSPS) is 19.8. The summed E-state index contributed by atoms with van der Waals surface area (Å²) in [6.45, 7) is 13.9. The summed E-state index contributed by atoms with van der Waals surface area (Å²) in [5.74, 6) is -0.223. The average molecular weight is 638 g/mol. The van der Waals surface area contributed by atoms with Gasteiger partial charge in [0, 0.05) is 25.2 Å². The summed E-state index contributed by atoms with van der Waals surface area (Å²) >= 11 is 0. The van der Waals surface area contributed by atoms with E-state index in [4.69, 9.17) is 9.47 Å². The van der Waals surface area contributed by atoms with Gasteiger partial charge >= 0.3 is 6.09 Å². The van der Waals surface area contributed by atoms with Crippen molar-refractivity contribution < 1.29 is 28.9 Å². The molecule has 5 rings (SSSR count). The highest BCUT2D eigenvalue weighted by Crippen LogP contribution is 2.31. The number of nitrogens with zero attached hydrogens (tertiary/aromatic N) is 4. The second kappa shape index (κ2) is 12.3. The summed E-state index contributed by atoms with van der Waals surface area (Å²) in [5, 5.41) is 0. The highest BCUT2D eigenvalue weighted by molar-refractivity contribution is 7.92. The molecule has 3 aromatic rings. The maximum atomic E-state index is 14.2. The second-order valence-electron chi connectivity index (χ2n) is 13.2. The number of ether oxygens (including phenoxy) is 2. The largest absolute Gasteiger partial charge is 0.470 e. The summed E-state index contributed by atoms with van der Waals surface area (Å²) < 4.78 is 41.9. The van der Waals surface area contributed by atoms with E-state index in [9.17, 15) is 18.0 Å². The summed E-state index contributed by atoms with van der Waals surface area (Å²) in [6, 6.07) is 13.0. The minimum Gasteiger partial charge on any atom is -0.470 e. The molecule has 242 valence electrons. The first-order chi connectivity index (χ1) is 21.1. The molecule has 12 heteroatoms. The number of benzene rings is 2. The lowest BCUT2D eigenvalue weighted by atomic mass is 10.00. The molecule has 0 spiro atoms. The second-order valence-corrected chi connectivity index (χ2v) is 14.9. The number of carbonyl (C=O) groups excluding carboxylic acids is 2. The molecule has 1 aromatic heterocycles. The van der Waals surface area contributed by atoms with Crippen molar-refractivity contribution in [2.24, 2.45) is 5.92 Å². The van der Waals surface area contributed by atoms with E-state index in [1.54, 1.807) is 21.9 Å². The van der Waals surface area contributed by atoms with Gasteiger partial charge in [0.2, 0.25) is 11.8 Å². The first-order valence-electron chi connectivity index (χ1n) is 15.1. The van der Waals surface area contributed by atoms with Crippen molar-refractivity contribution in [1.29, 1.82) is 0 Å². The maximum absolute atomic E-state index is 14.2. The number of aryl methyl sites for hydroxylation is 2. The van der Waals surface area contributed by atoms with Gasteiger partial charge < -0.3 is 19.3 Å². The Bertz CT molecular complexity index is 1710. The molecule has 0 saturated carbocycles. The van der Waals surface area contributed by atoms with Crippen LogP contribution in [0.3, 0.4) is 0 Å². The quantitative estimate of drug-likeness (QED) is 0.389. The van der Waals surface area contributed by atoms with Crippen molar-refractivity contribution in [3.8, 4) is 17.1 Å². The predicted molar refractivity (Wildman–Crippen MR) is 173 cm³/mol. The first kappa shape index (κ1) is 32.2. The molecule has 3 heterocycles. The van der Waals surface area contributed by atoms with Crippen LogP contribution in [0.4, 0.5) is 10.7 Å². The van der Waals surface area contributed by atoms with Crippen LogP contribution in [-0.2, 0) is 14.8 Å². The van der Waals surface area contributed by atoms with Gasteiger partial charge in [-0.15, -0.1) is 0 Å². The Morgan fingerprint density at radius 1 is 1.07 bits per heavy atom. The molecular weight excluding hydrogens is 594 g/mol. The topological polar surface area (TPSA) is 131 Å². The van der Waals surface area contributed by atoms with Crippen LogP contribution in [0.5, 0.6) is 5.88 Å². The van der Waals surface area contributed by atoms with Crippen molar-refractivity contribution >= 4 is 28.0 Å². The fraction of sp³-hybridized carbons (Fsp3) is 0.455. The van der Waals surface area contributed by atoms with Crippen LogP contribution in [0.25, 0.3) is 11.3 Å². The molecule has 0 aliphatic carbocycles. The number of rotatable bonds is 3. The number of carbonyl (C=O) groups is 2. The lowest BCUT2D eigenvalue weighted by molar-refractivity contribution is 0.0182. The Morgan fingerprint density at radius 2 is 1.76 bits per heavy atom. The van der Waals surface area contributed by atoms with E-state index in [0.29, 0.717) is 12.1 Å². The van der Waals surface area contributed by atoms with E-state index in [0.717, 1.165) is 16.7 Å². The van der Waals surface area contributed by atoms with Gasteiger partial charge in [0.15, 0.2) is 0 Å². The zero-order chi connectivity index (χ0) is 32.7. The third kappa shape index (κ3) is 7.38. The summed E-state index contributed by atoms with van der Waals surface area (Å²) in [6.07, 6.45) is -0.617. The van der Waals surface area contributed by atoms with Crippen molar-refractivity contribution in [2.45, 2.75) is 77.5 Å². The van der Waals surface area contributed by atoms with Crippen molar-refractivity contribution in [1.82, 2.24) is 19.8 Å². The number of hydrogen-bond donors (Lipinski definition) is 1. The number of hydrogen-bond acceptors (Lipinski definition) is 8. The third-order valence-corrected chi connectivity index (χ3v) is 9.02. The van der Waals surface area contributed by atoms with E-state index in [-0.39, 0.29) is 61.2 Å². The lowest BCUT2D eigenvalue weighted by Gasteiger charge is -2.33. The summed E-state index contributed by atoms with van der Waals surface area (Å²) in [5.41, 5.74) is 2.66. The van der Waals surface area contributed by atoms with Crippen LogP contribution in [0.1, 0.15) is 64.0 Å². The van der Waals surface area contributed by atoms with Gasteiger partial charge in [0.05, 0.1) is 29.7 Å². The van der Waals surface area contributed by atoms with E-state index >= 15 is 0 Å². The number of sulfonamides is 1. The highest BCUT2D eigenvalue weighted by atomic mass is 32.2. The number of fused-ring (bicyclic) bond motifs is 6. The summed E-state index contributed by atoms with van der Waals surface area (Å²) in [4.78, 5) is 39.9. The maximum Gasteiger partial charge on any atom is 0.410 e. The van der Waals surface area contributed by atoms with Crippen molar-refractivity contribution in [3.63, 3.8) is 0 Å². The highest BCUT2D eigenvalue weighted by Gasteiger charge is 2.38. The van der Waals surface area contributed by atoms with E-state index in [1.807, 2.05) is 52.8 Å². The predicted octanol–water partition coefficient (Wildman–Crippen LogP) is 5.68. The fourth-order valence-corrected chi connectivity index (χ4v) is 6.82. The van der Waals surface area contributed by atoms with E-state index in [2.05, 4.69) is 28.5 Å². The molecule has 1 N–H and O–H groups in total. The standard InChI is InChI=1S/C33H41N5O6S.H2/c1-20(2)14-24-17-37(32(40)44-33(5,6)7)18-25-19-38(24)30(39)23-12-9-13-26(15-23)45(41,42)36-31-34-27(16-28(35-31)43-25)29-21(3)10-8-11-22(29)4;/h8-13,15-16,20,24-25H,14,17-19H2,1-7H3,(H,34,35,36);1H/t24-,25+;/m1./s1. The molecule has 11 nitrogen and oxygen atoms in total. The van der Waals surface area contributed by atoms with Gasteiger partial charge in [-0.3, -0.25) is 4.79 Å². The zero-order valence-electron chi connectivity index (χ0n) is 26.8. The van der Waals surface area contributed by atoms with Gasteiger partial charge in [-0.1, -0.05) is 38.1 Å². The molecule has 2 atom stereocenters. The molecule has 2 amide bonds. The lowest BCUT2D eigenvalue weighted by Crippen LogP contribution is -2.47. The molecule has 6 bridgehead atoms. The number of anilines is 1. The molecule has 2 aliphatic rings. The Labute approximate surface area is 266 Å². The molecule has 2 aromatic carbocycles. The van der Waals surface area contributed by atoms with Gasteiger partial charge in [-0.2, -0.15) is 4.98 Å². The van der Waals surface area contributed by atoms with Gasteiger partial charge in [0.1, 0.15) is 11.7 Å². The van der Waals surface area contributed by atoms with Crippen molar-refractivity contribution in [3.05, 3.63) is 65.2 Å². The number of aromatic nitrogens is 2. The third-order valence-electron chi connectivity index (χ3n) is 7.70. The Kier molecular flexibility index (Phi) is 8.81. The zero-order valence-corrected chi connectivity index (χ0v) is 27.6. The average Bonchev–Trinajstić information content (AvgIpc) is 3.10. The Hall–Kier alpha value is -4.19. The Balaban J connectivity index is 0.00000480. The SMILES string of the molecule is Cc1cccc(C)c1-c1cc2nc(n1)NS(=O)(=O)c1cccc(c1)C(=O)N1C[C@H](CN(C(=O)OC(C)(C)C)C[C@H]1CC(C)C)O2.[HH]. The molecule has 1 fully saturated rings. The van der Waals surface area contributed by atoms with Crippen molar-refractivity contribution in [2.75, 3.05) is 24.4 Å². The minimum atomic E-state index is -4.17. The fourth-order valence-electron chi connectivity index (χ4n) is 5.83. The van der Waals surface area contributed by atoms with Crippen LogP contribution in [0.15, 0.2) is 53.4 Å². The smallest absolute Gasteiger partial charge is 0.410 e. The summed E-state index contributed by atoms with van der Waals surface area (Å²) in [7, 11) is -4.17. The van der Waals surface area contributed by atoms with Crippen LogP contribution < -0.4 is 9.46 Å². The monoisotopic (exact) mass is 637 g/mol. The van der Waals surface area contributed by atoms with Gasteiger partial charge in [-0.25, -0.2) is 22.9 Å². The minimum absolute atomic E-state index is 0. The number of amides is 2. The molecule has 0 radical (unpaired) electrons. The van der Waals surface area contributed by atoms with Crippen LogP contribution in [0.2, 0.25) is 0 Å². The van der Waals surface area contributed by atoms with Crippen LogP contribution >= 0.6 is 0 Å². The molecule has 1 saturated heterocycles. The molecule has 2 aliphatic heterocycles. The van der Waals surface area contributed by atoms with Gasteiger partial charge in [0.25, 0.3) is 15.9 Å². The molecule has 0 unspecified atom stereocenters. The molecule has 45 heavy (non-hydrogen) atoms. The van der Waals surface area contributed by atoms with Crippen LogP contribution in [0, 0.1) is 19.8 Å². The Morgan fingerprint density at radius 3 is 2.42 bits per heavy atom. The number of nitrogens with one attached hydrogen (secondary N) is 1. The van der Waals surface area contributed by atoms with E-state index < -0.39 is 27.8 Å². The van der Waals surface area contributed by atoms with E-state index in [1.165, 1.54) is 18.2 Å². The molecular formula is C33H43N5O6S.